The lowest BCUT2D eigenvalue weighted by Crippen LogP contribution is -2.31. The topological polar surface area (TPSA) is 145 Å². The number of benzene rings is 2. The summed E-state index contributed by atoms with van der Waals surface area (Å²) in [5.74, 6) is -1.00. The van der Waals surface area contributed by atoms with Crippen molar-refractivity contribution in [3.05, 3.63) is 57.6 Å². The Balaban J connectivity index is 1.85. The summed E-state index contributed by atoms with van der Waals surface area (Å²) in [5.41, 5.74) is 0.248. The molecule has 140 valence electrons. The molecule has 0 unspecified atom stereocenters. The van der Waals surface area contributed by atoms with E-state index in [1.807, 2.05) is 4.72 Å². The number of nitro groups is 1. The number of non-ortho nitro benzene ring substituents is 1. The number of nitrogens with zero attached hydrogens (tertiary/aromatic N) is 1. The van der Waals surface area contributed by atoms with Crippen LogP contribution >= 0.6 is 0 Å². The highest BCUT2D eigenvalue weighted by Crippen LogP contribution is 2.29. The summed E-state index contributed by atoms with van der Waals surface area (Å²) in [6.45, 7) is 1.18. The van der Waals surface area contributed by atoms with E-state index in [0.29, 0.717) is 5.69 Å². The molecule has 11 heteroatoms. The first-order valence-corrected chi connectivity index (χ1v) is 9.04. The summed E-state index contributed by atoms with van der Waals surface area (Å²) in [6.07, 6.45) is 0. The van der Waals surface area contributed by atoms with Crippen LogP contribution in [-0.4, -0.2) is 31.8 Å². The molecule has 0 aromatic heterocycles. The standard InChI is InChI=1S/C16H13N3O7S/c1-9-6-11(19(22)23)3-5-14(9)27(24,25)18-16(21)10-2-4-12-13(7-10)26-8-15(20)17-12/h2-7H,8H2,1H3,(H,17,20)(H,18,21). The molecule has 1 heterocycles. The van der Waals surface area contributed by atoms with Gasteiger partial charge in [0.15, 0.2) is 6.61 Å². The van der Waals surface area contributed by atoms with E-state index in [0.717, 1.165) is 18.2 Å². The molecule has 0 aliphatic carbocycles. The number of amides is 2. The fourth-order valence-corrected chi connectivity index (χ4v) is 3.70. The van der Waals surface area contributed by atoms with Gasteiger partial charge in [0.1, 0.15) is 5.75 Å². The van der Waals surface area contributed by atoms with Crippen LogP contribution in [0, 0.1) is 17.0 Å². The third-order valence-electron chi connectivity index (χ3n) is 3.76. The second-order valence-corrected chi connectivity index (χ2v) is 7.34. The number of rotatable bonds is 4. The molecule has 0 fully saturated rings. The Hall–Kier alpha value is -3.47. The molecule has 0 bridgehead atoms. The zero-order chi connectivity index (χ0) is 19.8. The van der Waals surface area contributed by atoms with Crippen LogP contribution in [0.15, 0.2) is 41.3 Å². The van der Waals surface area contributed by atoms with Gasteiger partial charge < -0.3 is 10.1 Å². The first-order valence-electron chi connectivity index (χ1n) is 7.56. The van der Waals surface area contributed by atoms with Gasteiger partial charge in [-0.15, -0.1) is 0 Å². The van der Waals surface area contributed by atoms with E-state index < -0.39 is 20.9 Å². The molecular formula is C16H13N3O7S. The van der Waals surface area contributed by atoms with Gasteiger partial charge in [0.25, 0.3) is 27.5 Å². The number of carbonyl (C=O) groups is 2. The SMILES string of the molecule is Cc1cc([N+](=O)[O-])ccc1S(=O)(=O)NC(=O)c1ccc2c(c1)OCC(=O)N2. The van der Waals surface area contributed by atoms with Crippen molar-refractivity contribution in [2.45, 2.75) is 11.8 Å². The molecule has 27 heavy (non-hydrogen) atoms. The number of aryl methyl sites for hydroxylation is 1. The summed E-state index contributed by atoms with van der Waals surface area (Å²) in [7, 11) is -4.24. The summed E-state index contributed by atoms with van der Waals surface area (Å²) in [6, 6.07) is 7.28. The van der Waals surface area contributed by atoms with Crippen LogP contribution < -0.4 is 14.8 Å². The van der Waals surface area contributed by atoms with E-state index >= 15 is 0 Å². The third kappa shape index (κ3) is 3.72. The summed E-state index contributed by atoms with van der Waals surface area (Å²) >= 11 is 0. The average Bonchev–Trinajstić information content (AvgIpc) is 2.60. The van der Waals surface area contributed by atoms with Crippen molar-refractivity contribution in [3.63, 3.8) is 0 Å². The minimum absolute atomic E-state index is 0.00744. The van der Waals surface area contributed by atoms with Crippen molar-refractivity contribution in [2.24, 2.45) is 0 Å². The Kier molecular flexibility index (Phi) is 4.54. The van der Waals surface area contributed by atoms with Crippen molar-refractivity contribution in [2.75, 3.05) is 11.9 Å². The van der Waals surface area contributed by atoms with E-state index in [-0.39, 0.29) is 40.0 Å². The largest absolute Gasteiger partial charge is 0.482 e. The maximum absolute atomic E-state index is 12.5. The Morgan fingerprint density at radius 2 is 2.00 bits per heavy atom. The minimum Gasteiger partial charge on any atom is -0.482 e. The van der Waals surface area contributed by atoms with Gasteiger partial charge in [-0.05, 0) is 36.8 Å². The number of carbonyl (C=O) groups excluding carboxylic acids is 2. The number of anilines is 1. The van der Waals surface area contributed by atoms with Crippen LogP contribution in [0.3, 0.4) is 0 Å². The van der Waals surface area contributed by atoms with Gasteiger partial charge in [-0.1, -0.05) is 0 Å². The van der Waals surface area contributed by atoms with Crippen molar-refractivity contribution < 1.29 is 27.7 Å². The monoisotopic (exact) mass is 391 g/mol. The molecule has 2 N–H and O–H groups in total. The van der Waals surface area contributed by atoms with Gasteiger partial charge in [0, 0.05) is 17.7 Å². The molecule has 2 aromatic carbocycles. The first-order chi connectivity index (χ1) is 12.7. The molecule has 10 nitrogen and oxygen atoms in total. The number of nitrogens with one attached hydrogen (secondary N) is 2. The van der Waals surface area contributed by atoms with E-state index in [1.165, 1.54) is 25.1 Å². The van der Waals surface area contributed by atoms with Gasteiger partial charge >= 0.3 is 0 Å². The van der Waals surface area contributed by atoms with Crippen molar-refractivity contribution >= 4 is 33.2 Å². The highest BCUT2D eigenvalue weighted by molar-refractivity contribution is 7.90. The quantitative estimate of drug-likeness (QED) is 0.591. The van der Waals surface area contributed by atoms with Crippen molar-refractivity contribution in [3.8, 4) is 5.75 Å². The predicted molar refractivity (Wildman–Crippen MR) is 93.1 cm³/mol. The fourth-order valence-electron chi connectivity index (χ4n) is 2.50. The Bertz CT molecular complexity index is 1080. The number of fused-ring (bicyclic) bond motifs is 1. The normalized spacial score (nSPS) is 13.1. The molecule has 0 saturated carbocycles. The lowest BCUT2D eigenvalue weighted by Gasteiger charge is -2.18. The van der Waals surface area contributed by atoms with E-state index in [1.54, 1.807) is 0 Å². The van der Waals surface area contributed by atoms with Crippen LogP contribution in [0.1, 0.15) is 15.9 Å². The molecule has 3 rings (SSSR count). The Morgan fingerprint density at radius 1 is 1.26 bits per heavy atom. The van der Waals surface area contributed by atoms with E-state index in [4.69, 9.17) is 4.74 Å². The van der Waals surface area contributed by atoms with E-state index in [2.05, 4.69) is 5.32 Å². The Morgan fingerprint density at radius 3 is 2.67 bits per heavy atom. The van der Waals surface area contributed by atoms with Crippen molar-refractivity contribution in [1.82, 2.24) is 4.72 Å². The molecule has 2 amide bonds. The number of sulfonamides is 1. The summed E-state index contributed by atoms with van der Waals surface area (Å²) in [4.78, 5) is 33.4. The van der Waals surface area contributed by atoms with Gasteiger partial charge in [0.05, 0.1) is 15.5 Å². The van der Waals surface area contributed by atoms with Crippen molar-refractivity contribution in [1.29, 1.82) is 0 Å². The fraction of sp³-hybridized carbons (Fsp3) is 0.125. The number of hydrogen-bond donors (Lipinski definition) is 2. The van der Waals surface area contributed by atoms with Crippen LogP contribution in [0.2, 0.25) is 0 Å². The maximum Gasteiger partial charge on any atom is 0.269 e. The van der Waals surface area contributed by atoms with Gasteiger partial charge in [-0.2, -0.15) is 0 Å². The van der Waals surface area contributed by atoms with Crippen LogP contribution in [-0.2, 0) is 14.8 Å². The lowest BCUT2D eigenvalue weighted by atomic mass is 10.1. The first kappa shape index (κ1) is 18.3. The minimum atomic E-state index is -4.24. The highest BCUT2D eigenvalue weighted by Gasteiger charge is 2.24. The second-order valence-electron chi connectivity index (χ2n) is 5.69. The van der Waals surface area contributed by atoms with Gasteiger partial charge in [-0.25, -0.2) is 13.1 Å². The average molecular weight is 391 g/mol. The lowest BCUT2D eigenvalue weighted by molar-refractivity contribution is -0.385. The number of ether oxygens (including phenoxy) is 1. The predicted octanol–water partition coefficient (Wildman–Crippen LogP) is 1.35. The molecule has 1 aliphatic rings. The highest BCUT2D eigenvalue weighted by atomic mass is 32.2. The maximum atomic E-state index is 12.5. The zero-order valence-corrected chi connectivity index (χ0v) is 14.7. The number of hydrogen-bond acceptors (Lipinski definition) is 7. The Labute approximate surface area is 153 Å². The molecule has 2 aromatic rings. The van der Waals surface area contributed by atoms with Crippen LogP contribution in [0.5, 0.6) is 5.75 Å². The van der Waals surface area contributed by atoms with E-state index in [9.17, 15) is 28.1 Å². The van der Waals surface area contributed by atoms with Crippen LogP contribution in [0.25, 0.3) is 0 Å². The molecule has 1 aliphatic heterocycles. The second kappa shape index (κ2) is 6.68. The third-order valence-corrected chi connectivity index (χ3v) is 5.25. The smallest absolute Gasteiger partial charge is 0.269 e. The molecule has 0 atom stereocenters. The summed E-state index contributed by atoms with van der Waals surface area (Å²) in [5, 5.41) is 13.3. The van der Waals surface area contributed by atoms with Gasteiger partial charge in [-0.3, -0.25) is 19.7 Å². The molecule has 0 radical (unpaired) electrons. The van der Waals surface area contributed by atoms with Gasteiger partial charge in [0.2, 0.25) is 0 Å². The molecule has 0 spiro atoms. The molecular weight excluding hydrogens is 378 g/mol. The zero-order valence-electron chi connectivity index (χ0n) is 13.9. The summed E-state index contributed by atoms with van der Waals surface area (Å²) < 4.78 is 32.0. The van der Waals surface area contributed by atoms with Crippen LogP contribution in [0.4, 0.5) is 11.4 Å². The number of nitro benzene ring substituents is 1. The molecule has 0 saturated heterocycles.